The van der Waals surface area contributed by atoms with Gasteiger partial charge in [0, 0.05) is 12.1 Å². The Morgan fingerprint density at radius 2 is 1.76 bits per heavy atom. The minimum atomic E-state index is -3.31. The molecule has 0 bridgehead atoms. The van der Waals surface area contributed by atoms with Gasteiger partial charge >= 0.3 is 0 Å². The molecule has 0 atom stereocenters. The van der Waals surface area contributed by atoms with Crippen molar-refractivity contribution in [1.82, 2.24) is 4.31 Å². The Bertz CT molecular complexity index is 491. The van der Waals surface area contributed by atoms with Crippen LogP contribution in [0.1, 0.15) is 22.8 Å². The van der Waals surface area contributed by atoms with Gasteiger partial charge in [0.05, 0.1) is 12.8 Å². The number of hydrogen-bond acceptors (Lipinski definition) is 3. The van der Waals surface area contributed by atoms with Gasteiger partial charge < -0.3 is 0 Å². The third kappa shape index (κ3) is 3.94. The molecular weight excluding hydrogens is 238 g/mol. The van der Waals surface area contributed by atoms with Crippen LogP contribution in [0, 0.1) is 6.92 Å². The minimum absolute atomic E-state index is 0.0988. The van der Waals surface area contributed by atoms with Gasteiger partial charge in [-0.3, -0.25) is 4.79 Å². The Kier molecular flexibility index (Phi) is 4.42. The van der Waals surface area contributed by atoms with Gasteiger partial charge in [0.1, 0.15) is 0 Å². The van der Waals surface area contributed by atoms with E-state index >= 15 is 0 Å². The molecule has 0 spiro atoms. The highest BCUT2D eigenvalue weighted by Crippen LogP contribution is 2.06. The molecule has 0 saturated carbocycles. The number of Topliss-reactive ketones (excluding diaryl/α,β-unsaturated/α-hetero) is 1. The third-order valence-electron chi connectivity index (χ3n) is 2.52. The number of carbonyl (C=O) groups excluding carboxylic acids is 1. The predicted molar refractivity (Wildman–Crippen MR) is 67.6 cm³/mol. The second kappa shape index (κ2) is 5.42. The largest absolute Gasteiger partial charge is 0.293 e. The Morgan fingerprint density at radius 1 is 1.24 bits per heavy atom. The molecule has 17 heavy (non-hydrogen) atoms. The molecule has 0 aromatic heterocycles. The minimum Gasteiger partial charge on any atom is -0.293 e. The zero-order valence-electron chi connectivity index (χ0n) is 10.3. The number of carbonyl (C=O) groups is 1. The number of likely N-dealkylation sites (N-methyl/N-ethyl adjacent to an activating group) is 1. The molecule has 0 aliphatic carbocycles. The van der Waals surface area contributed by atoms with Crippen LogP contribution >= 0.6 is 0 Å². The fraction of sp³-hybridized carbons (Fsp3) is 0.417. The van der Waals surface area contributed by atoms with Crippen molar-refractivity contribution in [3.63, 3.8) is 0 Å². The van der Waals surface area contributed by atoms with Crippen molar-refractivity contribution < 1.29 is 13.2 Å². The quantitative estimate of drug-likeness (QED) is 0.748. The van der Waals surface area contributed by atoms with E-state index in [-0.39, 0.29) is 12.3 Å². The van der Waals surface area contributed by atoms with Crippen molar-refractivity contribution in [3.8, 4) is 0 Å². The highest BCUT2D eigenvalue weighted by atomic mass is 32.2. The van der Waals surface area contributed by atoms with E-state index in [0.717, 1.165) is 16.1 Å². The summed E-state index contributed by atoms with van der Waals surface area (Å²) in [7, 11) is -3.31. The number of ketones is 1. The van der Waals surface area contributed by atoms with Crippen molar-refractivity contribution >= 4 is 15.8 Å². The molecule has 0 amide bonds. The van der Waals surface area contributed by atoms with Crippen molar-refractivity contribution in [2.75, 3.05) is 19.3 Å². The average molecular weight is 255 g/mol. The van der Waals surface area contributed by atoms with Crippen LogP contribution < -0.4 is 0 Å². The first-order valence-corrected chi connectivity index (χ1v) is 7.24. The van der Waals surface area contributed by atoms with Crippen molar-refractivity contribution in [2.45, 2.75) is 13.8 Å². The van der Waals surface area contributed by atoms with E-state index in [4.69, 9.17) is 0 Å². The van der Waals surface area contributed by atoms with Crippen LogP contribution in [0.5, 0.6) is 0 Å². The van der Waals surface area contributed by atoms with E-state index in [1.165, 1.54) is 0 Å². The van der Waals surface area contributed by atoms with E-state index in [9.17, 15) is 13.2 Å². The summed E-state index contributed by atoms with van der Waals surface area (Å²) in [5.74, 6) is -0.183. The Hall–Kier alpha value is -1.20. The number of hydrogen-bond donors (Lipinski definition) is 0. The molecule has 0 unspecified atom stereocenters. The second-order valence-corrected chi connectivity index (χ2v) is 5.96. The van der Waals surface area contributed by atoms with Crippen molar-refractivity contribution in [2.24, 2.45) is 0 Å². The number of sulfonamides is 1. The smallest absolute Gasteiger partial charge is 0.211 e. The van der Waals surface area contributed by atoms with Crippen LogP contribution in [0.2, 0.25) is 0 Å². The monoisotopic (exact) mass is 255 g/mol. The van der Waals surface area contributed by atoms with Crippen LogP contribution in [-0.2, 0) is 10.0 Å². The van der Waals surface area contributed by atoms with E-state index in [0.29, 0.717) is 12.1 Å². The molecule has 0 heterocycles. The fourth-order valence-electron chi connectivity index (χ4n) is 1.45. The van der Waals surface area contributed by atoms with Gasteiger partial charge in [-0.1, -0.05) is 36.8 Å². The molecule has 0 aliphatic heterocycles. The summed E-state index contributed by atoms with van der Waals surface area (Å²) < 4.78 is 23.9. The summed E-state index contributed by atoms with van der Waals surface area (Å²) >= 11 is 0. The molecule has 4 nitrogen and oxygen atoms in total. The first kappa shape index (κ1) is 13.9. The van der Waals surface area contributed by atoms with Gasteiger partial charge in [-0.05, 0) is 6.92 Å². The van der Waals surface area contributed by atoms with E-state index in [1.807, 2.05) is 19.1 Å². The van der Waals surface area contributed by atoms with Crippen LogP contribution in [0.3, 0.4) is 0 Å². The molecule has 1 rings (SSSR count). The van der Waals surface area contributed by atoms with Crippen LogP contribution in [0.15, 0.2) is 24.3 Å². The lowest BCUT2D eigenvalue weighted by atomic mass is 10.1. The SMILES string of the molecule is CCN(CC(=O)c1ccc(C)cc1)S(C)(=O)=O. The van der Waals surface area contributed by atoms with E-state index < -0.39 is 10.0 Å². The summed E-state index contributed by atoms with van der Waals surface area (Å²) in [4.78, 5) is 11.9. The van der Waals surface area contributed by atoms with Crippen LogP contribution in [0.25, 0.3) is 0 Å². The van der Waals surface area contributed by atoms with Gasteiger partial charge in [0.15, 0.2) is 5.78 Å². The molecule has 94 valence electrons. The Labute approximate surface area is 102 Å². The normalized spacial score (nSPS) is 11.8. The first-order chi connectivity index (χ1) is 7.84. The van der Waals surface area contributed by atoms with E-state index in [1.54, 1.807) is 19.1 Å². The molecule has 0 radical (unpaired) electrons. The van der Waals surface area contributed by atoms with Crippen LogP contribution in [0.4, 0.5) is 0 Å². The van der Waals surface area contributed by atoms with Crippen LogP contribution in [-0.4, -0.2) is 37.9 Å². The van der Waals surface area contributed by atoms with Crippen molar-refractivity contribution in [1.29, 1.82) is 0 Å². The summed E-state index contributed by atoms with van der Waals surface area (Å²) in [6, 6.07) is 7.11. The lowest BCUT2D eigenvalue weighted by Gasteiger charge is -2.16. The lowest BCUT2D eigenvalue weighted by molar-refractivity contribution is 0.0968. The molecule has 0 saturated heterocycles. The van der Waals surface area contributed by atoms with Gasteiger partial charge in [0.25, 0.3) is 0 Å². The average Bonchev–Trinajstić information content (AvgIpc) is 2.24. The lowest BCUT2D eigenvalue weighted by Crippen LogP contribution is -2.34. The number of rotatable bonds is 5. The number of nitrogens with zero attached hydrogens (tertiary/aromatic N) is 1. The van der Waals surface area contributed by atoms with Crippen molar-refractivity contribution in [3.05, 3.63) is 35.4 Å². The Balaban J connectivity index is 2.82. The third-order valence-corrected chi connectivity index (χ3v) is 3.84. The van der Waals surface area contributed by atoms with Gasteiger partial charge in [-0.2, -0.15) is 4.31 Å². The molecule has 1 aromatic carbocycles. The maximum atomic E-state index is 11.9. The molecular formula is C12H17NO3S. The predicted octanol–water partition coefficient (Wildman–Crippen LogP) is 1.46. The molecule has 5 heteroatoms. The first-order valence-electron chi connectivity index (χ1n) is 5.39. The maximum Gasteiger partial charge on any atom is 0.211 e. The summed E-state index contributed by atoms with van der Waals surface area (Å²) in [5.41, 5.74) is 1.61. The second-order valence-electron chi connectivity index (χ2n) is 3.98. The van der Waals surface area contributed by atoms with Gasteiger partial charge in [0.2, 0.25) is 10.0 Å². The van der Waals surface area contributed by atoms with Gasteiger partial charge in [-0.25, -0.2) is 8.42 Å². The topological polar surface area (TPSA) is 54.5 Å². The zero-order chi connectivity index (χ0) is 13.1. The fourth-order valence-corrected chi connectivity index (χ4v) is 2.28. The molecule has 0 aliphatic rings. The number of aryl methyl sites for hydroxylation is 1. The van der Waals surface area contributed by atoms with Gasteiger partial charge in [-0.15, -0.1) is 0 Å². The van der Waals surface area contributed by atoms with E-state index in [2.05, 4.69) is 0 Å². The molecule has 0 N–H and O–H groups in total. The zero-order valence-corrected chi connectivity index (χ0v) is 11.1. The molecule has 0 fully saturated rings. The Morgan fingerprint density at radius 3 is 2.18 bits per heavy atom. The summed E-state index contributed by atoms with van der Waals surface area (Å²) in [6.45, 7) is 3.85. The molecule has 1 aromatic rings. The summed E-state index contributed by atoms with van der Waals surface area (Å²) in [5, 5.41) is 0. The standard InChI is InChI=1S/C12H17NO3S/c1-4-13(17(3,15)16)9-12(14)11-7-5-10(2)6-8-11/h5-8H,4,9H2,1-3H3. The summed E-state index contributed by atoms with van der Waals surface area (Å²) in [6.07, 6.45) is 1.11. The highest BCUT2D eigenvalue weighted by Gasteiger charge is 2.18. The number of benzene rings is 1. The maximum absolute atomic E-state index is 11.9. The highest BCUT2D eigenvalue weighted by molar-refractivity contribution is 7.88.